The van der Waals surface area contributed by atoms with Crippen LogP contribution in [-0.4, -0.2) is 29.9 Å². The van der Waals surface area contributed by atoms with Gasteiger partial charge in [-0.3, -0.25) is 4.79 Å². The maximum atomic E-state index is 12.6. The number of carbonyl (C=O) groups is 2. The topological polar surface area (TPSA) is 87.5 Å². The predicted molar refractivity (Wildman–Crippen MR) is 124 cm³/mol. The van der Waals surface area contributed by atoms with Crippen LogP contribution in [0.4, 0.5) is 16.2 Å². The van der Waals surface area contributed by atoms with Crippen molar-refractivity contribution < 1.29 is 9.59 Å². The van der Waals surface area contributed by atoms with Crippen molar-refractivity contribution in [3.8, 4) is 0 Å². The summed E-state index contributed by atoms with van der Waals surface area (Å²) < 4.78 is 0. The summed E-state index contributed by atoms with van der Waals surface area (Å²) in [4.78, 5) is 26.8. The fourth-order valence-corrected chi connectivity index (χ4v) is 3.50. The lowest BCUT2D eigenvalue weighted by Gasteiger charge is -2.21. The molecule has 0 saturated carbocycles. The van der Waals surface area contributed by atoms with E-state index in [1.54, 1.807) is 24.3 Å². The van der Waals surface area contributed by atoms with E-state index in [2.05, 4.69) is 10.6 Å². The first-order chi connectivity index (χ1) is 14.0. The van der Waals surface area contributed by atoms with Crippen molar-refractivity contribution in [2.24, 2.45) is 11.7 Å². The smallest absolute Gasteiger partial charge is 0.321 e. The van der Waals surface area contributed by atoms with Gasteiger partial charge in [0, 0.05) is 30.5 Å². The second-order valence-corrected chi connectivity index (χ2v) is 7.62. The fraction of sp³-hybridized carbons (Fsp3) is 0.391. The van der Waals surface area contributed by atoms with Crippen LogP contribution in [0, 0.1) is 5.92 Å². The molecule has 0 aliphatic carbocycles. The summed E-state index contributed by atoms with van der Waals surface area (Å²) in [5.74, 6) is -0.512. The number of hydrogen-bond acceptors (Lipinski definition) is 3. The van der Waals surface area contributed by atoms with Gasteiger partial charge < -0.3 is 21.3 Å². The first kappa shape index (κ1) is 23.7. The van der Waals surface area contributed by atoms with Crippen LogP contribution in [0.5, 0.6) is 0 Å². The largest absolute Gasteiger partial charge is 0.326 e. The van der Waals surface area contributed by atoms with Crippen molar-refractivity contribution in [2.45, 2.75) is 38.6 Å². The Labute approximate surface area is 184 Å². The Kier molecular flexibility index (Phi) is 9.15. The summed E-state index contributed by atoms with van der Waals surface area (Å²) in [7, 11) is 0. The average Bonchev–Trinajstić information content (AvgIpc) is 3.04. The number of anilines is 2. The van der Waals surface area contributed by atoms with Crippen LogP contribution in [0.3, 0.4) is 0 Å². The van der Waals surface area contributed by atoms with Crippen molar-refractivity contribution in [1.82, 2.24) is 4.90 Å². The van der Waals surface area contributed by atoms with E-state index in [1.165, 1.54) is 12.8 Å². The summed E-state index contributed by atoms with van der Waals surface area (Å²) in [6.07, 6.45) is 4.48. The van der Waals surface area contributed by atoms with Gasteiger partial charge in [0.15, 0.2) is 0 Å². The van der Waals surface area contributed by atoms with E-state index in [1.807, 2.05) is 42.2 Å². The minimum absolute atomic E-state index is 0. The van der Waals surface area contributed by atoms with E-state index in [0.717, 1.165) is 31.5 Å². The summed E-state index contributed by atoms with van der Waals surface area (Å²) in [5.41, 5.74) is 8.56. The van der Waals surface area contributed by atoms with Crippen molar-refractivity contribution in [2.75, 3.05) is 23.7 Å². The molecule has 6 nitrogen and oxygen atoms in total. The monoisotopic (exact) mass is 430 g/mol. The van der Waals surface area contributed by atoms with E-state index >= 15 is 0 Å². The first-order valence-corrected chi connectivity index (χ1v) is 10.3. The highest BCUT2D eigenvalue weighted by Crippen LogP contribution is 2.22. The number of carbonyl (C=O) groups excluding carboxylic acids is 2. The number of halogens is 1. The summed E-state index contributed by atoms with van der Waals surface area (Å²) in [6, 6.07) is 16.3. The van der Waals surface area contributed by atoms with Crippen LogP contribution in [0.15, 0.2) is 54.6 Å². The van der Waals surface area contributed by atoms with Gasteiger partial charge in [-0.25, -0.2) is 4.79 Å². The zero-order valence-corrected chi connectivity index (χ0v) is 18.2. The molecule has 162 valence electrons. The van der Waals surface area contributed by atoms with Crippen molar-refractivity contribution >= 4 is 35.7 Å². The Morgan fingerprint density at radius 1 is 0.867 bits per heavy atom. The molecule has 3 amide bonds. The molecule has 1 saturated heterocycles. The average molecular weight is 431 g/mol. The second kappa shape index (κ2) is 11.6. The number of likely N-dealkylation sites (tertiary alicyclic amines) is 1. The van der Waals surface area contributed by atoms with Gasteiger partial charge in [0.25, 0.3) is 0 Å². The van der Waals surface area contributed by atoms with Crippen molar-refractivity contribution in [3.63, 3.8) is 0 Å². The Morgan fingerprint density at radius 2 is 1.40 bits per heavy atom. The van der Waals surface area contributed by atoms with Crippen LogP contribution >= 0.6 is 12.4 Å². The molecule has 2 atom stereocenters. The molecule has 30 heavy (non-hydrogen) atoms. The first-order valence-electron chi connectivity index (χ1n) is 10.3. The molecule has 0 bridgehead atoms. The number of hydrogen-bond donors (Lipinski definition) is 3. The molecule has 0 spiro atoms. The van der Waals surface area contributed by atoms with E-state index < -0.39 is 0 Å². The SMILES string of the molecule is CC(C(=O)Nc1ccc(NC(=O)N2CCCCCC2)cc1)C(N)c1ccccc1.Cl. The van der Waals surface area contributed by atoms with Gasteiger partial charge in [0.2, 0.25) is 5.91 Å². The zero-order chi connectivity index (χ0) is 20.6. The van der Waals surface area contributed by atoms with Crippen LogP contribution in [0.2, 0.25) is 0 Å². The molecule has 7 heteroatoms. The van der Waals surface area contributed by atoms with Crippen LogP contribution in [0.1, 0.15) is 44.2 Å². The van der Waals surface area contributed by atoms with E-state index in [4.69, 9.17) is 5.73 Å². The molecule has 0 aromatic heterocycles. The van der Waals surface area contributed by atoms with Gasteiger partial charge in [-0.1, -0.05) is 50.1 Å². The standard InChI is InChI=1S/C23H30N4O2.ClH/c1-17(21(24)18-9-5-4-6-10-18)22(28)25-19-11-13-20(14-12-19)26-23(29)27-15-7-2-3-8-16-27;/h4-6,9-14,17,21H,2-3,7-8,15-16,24H2,1H3,(H,25,28)(H,26,29);1H. The number of nitrogens with one attached hydrogen (secondary N) is 2. The molecule has 1 aliphatic rings. The third-order valence-electron chi connectivity index (χ3n) is 5.43. The number of nitrogens with zero attached hydrogens (tertiary/aromatic N) is 1. The van der Waals surface area contributed by atoms with Crippen LogP contribution in [0.25, 0.3) is 0 Å². The van der Waals surface area contributed by atoms with E-state index in [-0.39, 0.29) is 36.3 Å². The Morgan fingerprint density at radius 3 is 1.97 bits per heavy atom. The highest BCUT2D eigenvalue weighted by Gasteiger charge is 2.22. The molecule has 2 aromatic carbocycles. The van der Waals surface area contributed by atoms with Gasteiger partial charge in [-0.2, -0.15) is 0 Å². The van der Waals surface area contributed by atoms with Crippen molar-refractivity contribution in [1.29, 1.82) is 0 Å². The molecule has 2 unspecified atom stereocenters. The minimum Gasteiger partial charge on any atom is -0.326 e. The maximum Gasteiger partial charge on any atom is 0.321 e. The number of urea groups is 1. The number of benzene rings is 2. The highest BCUT2D eigenvalue weighted by molar-refractivity contribution is 5.94. The zero-order valence-electron chi connectivity index (χ0n) is 17.3. The van der Waals surface area contributed by atoms with Gasteiger partial charge in [-0.15, -0.1) is 12.4 Å². The lowest BCUT2D eigenvalue weighted by atomic mass is 9.94. The molecule has 0 radical (unpaired) electrons. The molecular weight excluding hydrogens is 400 g/mol. The third kappa shape index (κ3) is 6.47. The fourth-order valence-electron chi connectivity index (χ4n) is 3.50. The lowest BCUT2D eigenvalue weighted by Crippen LogP contribution is -2.35. The van der Waals surface area contributed by atoms with Gasteiger partial charge in [-0.05, 0) is 42.7 Å². The Balaban J connectivity index is 0.00000320. The molecule has 1 aliphatic heterocycles. The number of amides is 3. The molecule has 3 rings (SSSR count). The predicted octanol–water partition coefficient (Wildman–Crippen LogP) is 4.79. The third-order valence-corrected chi connectivity index (χ3v) is 5.43. The number of nitrogens with two attached hydrogens (primary N) is 1. The molecule has 1 heterocycles. The summed E-state index contributed by atoms with van der Waals surface area (Å²) in [5, 5.41) is 5.84. The van der Waals surface area contributed by atoms with Gasteiger partial charge in [0.1, 0.15) is 0 Å². The molecular formula is C23H31ClN4O2. The second-order valence-electron chi connectivity index (χ2n) is 7.62. The summed E-state index contributed by atoms with van der Waals surface area (Å²) >= 11 is 0. The normalized spacial score (nSPS) is 15.9. The Hall–Kier alpha value is -2.57. The van der Waals surface area contributed by atoms with Crippen LogP contribution < -0.4 is 16.4 Å². The Bertz CT molecular complexity index is 806. The minimum atomic E-state index is -0.375. The lowest BCUT2D eigenvalue weighted by molar-refractivity contribution is -0.120. The van der Waals surface area contributed by atoms with E-state index in [0.29, 0.717) is 11.4 Å². The molecule has 1 fully saturated rings. The molecule has 2 aromatic rings. The maximum absolute atomic E-state index is 12.6. The number of rotatable bonds is 5. The highest BCUT2D eigenvalue weighted by atomic mass is 35.5. The molecule has 4 N–H and O–H groups in total. The van der Waals surface area contributed by atoms with Crippen LogP contribution in [-0.2, 0) is 4.79 Å². The van der Waals surface area contributed by atoms with Gasteiger partial charge in [0.05, 0.1) is 5.92 Å². The van der Waals surface area contributed by atoms with E-state index in [9.17, 15) is 9.59 Å². The summed E-state index contributed by atoms with van der Waals surface area (Å²) in [6.45, 7) is 3.43. The van der Waals surface area contributed by atoms with Crippen molar-refractivity contribution in [3.05, 3.63) is 60.2 Å². The quantitative estimate of drug-likeness (QED) is 0.637. The van der Waals surface area contributed by atoms with Gasteiger partial charge >= 0.3 is 6.03 Å².